The molecule has 0 atom stereocenters. The van der Waals surface area contributed by atoms with Gasteiger partial charge in [0.1, 0.15) is 0 Å². The number of alkyl halides is 1. The summed E-state index contributed by atoms with van der Waals surface area (Å²) >= 11 is 5.90. The van der Waals surface area contributed by atoms with Crippen LogP contribution in [-0.2, 0) is 28.3 Å². The molecule has 0 unspecified atom stereocenters. The minimum Gasteiger partial charge on any atom is -0.466 e. The zero-order valence-corrected chi connectivity index (χ0v) is 11.4. The molecule has 96 valence electrons. The standard InChI is InChI=1S/C14H16ClNO2/c1-3-10-5-6-11(7-14(17)18-4-2)12(8-15)13(10)9-16/h5-6H,3-4,7-8H2,1-2H3. The maximum absolute atomic E-state index is 11.5. The van der Waals surface area contributed by atoms with Gasteiger partial charge in [0.05, 0.1) is 24.7 Å². The van der Waals surface area contributed by atoms with E-state index >= 15 is 0 Å². The van der Waals surface area contributed by atoms with Crippen LogP contribution in [0.2, 0.25) is 0 Å². The Hall–Kier alpha value is -1.53. The SMILES string of the molecule is CCOC(=O)Cc1ccc(CC)c(C#N)c1CCl. The lowest BCUT2D eigenvalue weighted by Crippen LogP contribution is -2.10. The molecule has 18 heavy (non-hydrogen) atoms. The van der Waals surface area contributed by atoms with Gasteiger partial charge in [-0.25, -0.2) is 0 Å². The van der Waals surface area contributed by atoms with Gasteiger partial charge in [0.2, 0.25) is 0 Å². The lowest BCUT2D eigenvalue weighted by molar-refractivity contribution is -0.142. The van der Waals surface area contributed by atoms with E-state index in [9.17, 15) is 10.1 Å². The van der Waals surface area contributed by atoms with Crippen LogP contribution in [0.3, 0.4) is 0 Å². The van der Waals surface area contributed by atoms with Crippen LogP contribution in [0.1, 0.15) is 36.1 Å². The highest BCUT2D eigenvalue weighted by molar-refractivity contribution is 6.17. The fraction of sp³-hybridized carbons (Fsp3) is 0.429. The molecule has 0 saturated carbocycles. The van der Waals surface area contributed by atoms with Crippen LogP contribution in [0.15, 0.2) is 12.1 Å². The van der Waals surface area contributed by atoms with E-state index in [0.717, 1.165) is 23.1 Å². The number of carbonyl (C=O) groups excluding carboxylic acids is 1. The van der Waals surface area contributed by atoms with Crippen LogP contribution in [0.25, 0.3) is 0 Å². The predicted octanol–water partition coefficient (Wildman–Crippen LogP) is 2.97. The molecule has 0 radical (unpaired) electrons. The second-order valence-corrected chi connectivity index (χ2v) is 4.09. The van der Waals surface area contributed by atoms with Crippen molar-refractivity contribution in [3.05, 3.63) is 34.4 Å². The van der Waals surface area contributed by atoms with E-state index < -0.39 is 0 Å². The van der Waals surface area contributed by atoms with Gasteiger partial charge in [-0.15, -0.1) is 11.6 Å². The summed E-state index contributed by atoms with van der Waals surface area (Å²) in [4.78, 5) is 11.5. The molecule has 0 bridgehead atoms. The third-order valence-corrected chi connectivity index (χ3v) is 3.03. The quantitative estimate of drug-likeness (QED) is 0.607. The third kappa shape index (κ3) is 3.24. The second-order valence-electron chi connectivity index (χ2n) is 3.82. The van der Waals surface area contributed by atoms with E-state index in [1.165, 1.54) is 0 Å². The molecular formula is C14H16ClNO2. The molecular weight excluding hydrogens is 250 g/mol. The lowest BCUT2D eigenvalue weighted by atomic mass is 9.95. The van der Waals surface area contributed by atoms with Crippen molar-refractivity contribution in [2.45, 2.75) is 32.6 Å². The molecule has 3 nitrogen and oxygen atoms in total. The number of benzene rings is 1. The van der Waals surface area contributed by atoms with Crippen molar-refractivity contribution in [2.75, 3.05) is 6.61 Å². The first-order valence-corrected chi connectivity index (χ1v) is 6.46. The summed E-state index contributed by atoms with van der Waals surface area (Å²) in [6.45, 7) is 4.10. The highest BCUT2D eigenvalue weighted by Gasteiger charge is 2.14. The Labute approximate surface area is 112 Å². The van der Waals surface area contributed by atoms with Crippen LogP contribution >= 0.6 is 11.6 Å². The Bertz CT molecular complexity index is 477. The molecule has 1 rings (SSSR count). The van der Waals surface area contributed by atoms with Gasteiger partial charge in [-0.05, 0) is 30.0 Å². The van der Waals surface area contributed by atoms with E-state index in [1.54, 1.807) is 6.92 Å². The van der Waals surface area contributed by atoms with Crippen molar-refractivity contribution in [1.29, 1.82) is 5.26 Å². The van der Waals surface area contributed by atoms with Crippen molar-refractivity contribution in [3.63, 3.8) is 0 Å². The van der Waals surface area contributed by atoms with Gasteiger partial charge in [0, 0.05) is 5.88 Å². The van der Waals surface area contributed by atoms with Crippen molar-refractivity contribution < 1.29 is 9.53 Å². The molecule has 0 aliphatic carbocycles. The molecule has 0 spiro atoms. The van der Waals surface area contributed by atoms with Crippen molar-refractivity contribution in [3.8, 4) is 6.07 Å². The second kappa shape index (κ2) is 7.03. The fourth-order valence-corrected chi connectivity index (χ4v) is 2.16. The molecule has 0 aromatic heterocycles. The van der Waals surface area contributed by atoms with Crippen LogP contribution in [0.4, 0.5) is 0 Å². The summed E-state index contributed by atoms with van der Waals surface area (Å²) in [6, 6.07) is 5.91. The van der Waals surface area contributed by atoms with E-state index in [0.29, 0.717) is 12.2 Å². The summed E-state index contributed by atoms with van der Waals surface area (Å²) in [5.41, 5.74) is 3.07. The van der Waals surface area contributed by atoms with E-state index in [4.69, 9.17) is 16.3 Å². The summed E-state index contributed by atoms with van der Waals surface area (Å²) in [7, 11) is 0. The maximum Gasteiger partial charge on any atom is 0.310 e. The largest absolute Gasteiger partial charge is 0.466 e. The minimum absolute atomic E-state index is 0.161. The third-order valence-electron chi connectivity index (χ3n) is 2.76. The Morgan fingerprint density at radius 1 is 1.39 bits per heavy atom. The molecule has 0 fully saturated rings. The smallest absolute Gasteiger partial charge is 0.310 e. The lowest BCUT2D eigenvalue weighted by Gasteiger charge is -2.11. The van der Waals surface area contributed by atoms with Gasteiger partial charge >= 0.3 is 5.97 Å². The average molecular weight is 266 g/mol. The molecule has 0 heterocycles. The van der Waals surface area contributed by atoms with E-state index in [2.05, 4.69) is 6.07 Å². The first kappa shape index (κ1) is 14.5. The van der Waals surface area contributed by atoms with E-state index in [-0.39, 0.29) is 18.3 Å². The number of nitriles is 1. The molecule has 0 amide bonds. The molecule has 1 aromatic carbocycles. The predicted molar refractivity (Wildman–Crippen MR) is 70.4 cm³/mol. The first-order chi connectivity index (χ1) is 8.67. The van der Waals surface area contributed by atoms with Gasteiger partial charge in [0.25, 0.3) is 0 Å². The van der Waals surface area contributed by atoms with Crippen LogP contribution in [-0.4, -0.2) is 12.6 Å². The molecule has 4 heteroatoms. The summed E-state index contributed by atoms with van der Waals surface area (Å²) in [5, 5.41) is 9.20. The molecule has 0 aliphatic rings. The number of ether oxygens (including phenoxy) is 1. The Morgan fingerprint density at radius 3 is 2.56 bits per heavy atom. The van der Waals surface area contributed by atoms with Crippen molar-refractivity contribution in [1.82, 2.24) is 0 Å². The Balaban J connectivity index is 3.14. The van der Waals surface area contributed by atoms with Crippen LogP contribution in [0, 0.1) is 11.3 Å². The molecule has 0 N–H and O–H groups in total. The highest BCUT2D eigenvalue weighted by atomic mass is 35.5. The van der Waals surface area contributed by atoms with Gasteiger partial charge in [-0.3, -0.25) is 4.79 Å². The minimum atomic E-state index is -0.294. The highest BCUT2D eigenvalue weighted by Crippen LogP contribution is 2.22. The van der Waals surface area contributed by atoms with Gasteiger partial charge in [-0.1, -0.05) is 19.1 Å². The summed E-state index contributed by atoms with van der Waals surface area (Å²) in [6.07, 6.45) is 0.932. The van der Waals surface area contributed by atoms with E-state index in [1.807, 2.05) is 19.1 Å². The molecule has 0 aliphatic heterocycles. The number of halogens is 1. The van der Waals surface area contributed by atoms with Crippen molar-refractivity contribution in [2.24, 2.45) is 0 Å². The molecule has 0 saturated heterocycles. The number of carbonyl (C=O) groups is 1. The number of rotatable bonds is 5. The zero-order valence-electron chi connectivity index (χ0n) is 10.6. The van der Waals surface area contributed by atoms with Gasteiger partial charge < -0.3 is 4.74 Å². The Morgan fingerprint density at radius 2 is 2.06 bits per heavy atom. The summed E-state index contributed by atoms with van der Waals surface area (Å²) < 4.78 is 4.91. The van der Waals surface area contributed by atoms with Crippen LogP contribution < -0.4 is 0 Å². The number of hydrogen-bond donors (Lipinski definition) is 0. The average Bonchev–Trinajstić information content (AvgIpc) is 2.38. The van der Waals surface area contributed by atoms with Gasteiger partial charge in [-0.2, -0.15) is 5.26 Å². The monoisotopic (exact) mass is 265 g/mol. The Kier molecular flexibility index (Phi) is 5.67. The summed E-state index contributed by atoms with van der Waals surface area (Å²) in [5.74, 6) is -0.0668. The fourth-order valence-electron chi connectivity index (χ4n) is 1.86. The number of esters is 1. The van der Waals surface area contributed by atoms with Gasteiger partial charge in [0.15, 0.2) is 0 Å². The maximum atomic E-state index is 11.5. The zero-order chi connectivity index (χ0) is 13.5. The first-order valence-electron chi connectivity index (χ1n) is 5.93. The number of nitrogens with zero attached hydrogens (tertiary/aromatic N) is 1. The van der Waals surface area contributed by atoms with Crippen LogP contribution in [0.5, 0.6) is 0 Å². The number of hydrogen-bond acceptors (Lipinski definition) is 3. The number of aryl methyl sites for hydroxylation is 1. The normalized spacial score (nSPS) is 9.89. The van der Waals surface area contributed by atoms with Crippen molar-refractivity contribution >= 4 is 17.6 Å². The topological polar surface area (TPSA) is 50.1 Å². The molecule has 1 aromatic rings.